The Balaban J connectivity index is 2.09. The highest BCUT2D eigenvalue weighted by atomic mass is 79.9. The first-order valence-corrected chi connectivity index (χ1v) is 8.08. The molecule has 1 aliphatic heterocycles. The smallest absolute Gasteiger partial charge is 0.307 e. The number of carbonyl (C=O) groups is 2. The second-order valence-corrected chi connectivity index (χ2v) is 6.24. The maximum atomic E-state index is 12.4. The first-order chi connectivity index (χ1) is 10.6. The van der Waals surface area contributed by atoms with E-state index in [9.17, 15) is 9.59 Å². The average molecular weight is 370 g/mol. The number of aromatic nitrogens is 1. The molecule has 22 heavy (non-hydrogen) atoms. The zero-order chi connectivity index (χ0) is 15.9. The van der Waals surface area contributed by atoms with Crippen LogP contribution < -0.4 is 10.6 Å². The number of nitrogens with one attached hydrogen (secondary N) is 2. The number of hydrogen-bond donors (Lipinski definition) is 2. The summed E-state index contributed by atoms with van der Waals surface area (Å²) in [4.78, 5) is 28.1. The number of hydrogen-bond acceptors (Lipinski definition) is 5. The highest BCUT2D eigenvalue weighted by Crippen LogP contribution is 2.21. The minimum Gasteiger partial charge on any atom is -0.469 e. The van der Waals surface area contributed by atoms with Crippen LogP contribution in [0.3, 0.4) is 0 Å². The van der Waals surface area contributed by atoms with Crippen LogP contribution in [0.15, 0.2) is 22.9 Å². The number of carbonyl (C=O) groups excluding carboxylic acids is 2. The fourth-order valence-electron chi connectivity index (χ4n) is 2.49. The minimum absolute atomic E-state index is 0.0407. The number of pyridine rings is 1. The molecule has 0 aromatic carbocycles. The zero-order valence-corrected chi connectivity index (χ0v) is 14.1. The second kappa shape index (κ2) is 8.24. The Morgan fingerprint density at radius 3 is 3.00 bits per heavy atom. The van der Waals surface area contributed by atoms with Crippen LogP contribution in [0.5, 0.6) is 0 Å². The molecule has 6 nitrogen and oxygen atoms in total. The maximum absolute atomic E-state index is 12.4. The van der Waals surface area contributed by atoms with Gasteiger partial charge in [0.25, 0.3) is 0 Å². The molecule has 1 aromatic rings. The topological polar surface area (TPSA) is 80.3 Å². The Kier molecular flexibility index (Phi) is 6.33. The third kappa shape index (κ3) is 4.78. The van der Waals surface area contributed by atoms with Crippen molar-refractivity contribution in [3.63, 3.8) is 0 Å². The fourth-order valence-corrected chi connectivity index (χ4v) is 2.87. The fraction of sp³-hybridized carbons (Fsp3) is 0.533. The molecule has 1 fully saturated rings. The van der Waals surface area contributed by atoms with E-state index in [4.69, 9.17) is 4.74 Å². The Hall–Kier alpha value is -1.47. The lowest BCUT2D eigenvalue weighted by molar-refractivity contribution is -0.141. The van der Waals surface area contributed by atoms with Gasteiger partial charge in [-0.1, -0.05) is 0 Å². The average Bonchev–Trinajstić information content (AvgIpc) is 2.54. The highest BCUT2D eigenvalue weighted by Gasteiger charge is 2.25. The molecule has 7 heteroatoms. The molecule has 1 aliphatic rings. The molecule has 2 N–H and O–H groups in total. The van der Waals surface area contributed by atoms with Gasteiger partial charge in [0.05, 0.1) is 25.5 Å². The van der Waals surface area contributed by atoms with Gasteiger partial charge in [-0.2, -0.15) is 0 Å². The molecule has 120 valence electrons. The van der Waals surface area contributed by atoms with Gasteiger partial charge in [-0.05, 0) is 46.9 Å². The van der Waals surface area contributed by atoms with E-state index in [0.29, 0.717) is 6.54 Å². The van der Waals surface area contributed by atoms with Crippen molar-refractivity contribution in [1.29, 1.82) is 0 Å². The van der Waals surface area contributed by atoms with Gasteiger partial charge in [-0.15, -0.1) is 0 Å². The number of amides is 1. The Morgan fingerprint density at radius 2 is 2.36 bits per heavy atom. The monoisotopic (exact) mass is 369 g/mol. The van der Waals surface area contributed by atoms with Crippen molar-refractivity contribution in [2.45, 2.75) is 25.3 Å². The molecule has 1 aromatic heterocycles. The van der Waals surface area contributed by atoms with E-state index in [1.165, 1.54) is 7.11 Å². The molecule has 2 heterocycles. The molecule has 0 radical (unpaired) electrons. The van der Waals surface area contributed by atoms with Crippen molar-refractivity contribution in [3.05, 3.63) is 28.5 Å². The first-order valence-electron chi connectivity index (χ1n) is 7.28. The van der Waals surface area contributed by atoms with Crippen LogP contribution in [0, 0.1) is 5.92 Å². The Bertz CT molecular complexity index is 533. The largest absolute Gasteiger partial charge is 0.469 e. The van der Waals surface area contributed by atoms with Gasteiger partial charge in [-0.25, -0.2) is 0 Å². The molecule has 0 spiro atoms. The van der Waals surface area contributed by atoms with E-state index in [2.05, 4.69) is 31.5 Å². The quantitative estimate of drug-likeness (QED) is 0.769. The number of esters is 1. The van der Waals surface area contributed by atoms with Crippen LogP contribution in [0.25, 0.3) is 0 Å². The van der Waals surface area contributed by atoms with Crippen molar-refractivity contribution in [1.82, 2.24) is 15.6 Å². The SMILES string of the molecule is COC(=O)C[C@H](NC(=O)[C@@H]1CCCNC1)c1cncc(Br)c1. The lowest BCUT2D eigenvalue weighted by Gasteiger charge is -2.25. The predicted molar refractivity (Wildman–Crippen MR) is 85.0 cm³/mol. The summed E-state index contributed by atoms with van der Waals surface area (Å²) in [6.45, 7) is 1.62. The van der Waals surface area contributed by atoms with Crippen molar-refractivity contribution >= 4 is 27.8 Å². The number of ether oxygens (including phenoxy) is 1. The van der Waals surface area contributed by atoms with Gasteiger partial charge in [0.15, 0.2) is 0 Å². The van der Waals surface area contributed by atoms with Crippen LogP contribution in [-0.4, -0.2) is 37.1 Å². The minimum atomic E-state index is -0.438. The van der Waals surface area contributed by atoms with E-state index in [1.807, 2.05) is 6.07 Å². The van der Waals surface area contributed by atoms with Gasteiger partial charge in [0.1, 0.15) is 0 Å². The standard InChI is InChI=1S/C15H20BrN3O3/c1-22-14(20)6-13(11-5-12(16)9-18-8-11)19-15(21)10-3-2-4-17-7-10/h5,8-10,13,17H,2-4,6-7H2,1H3,(H,19,21)/t10-,13+/m1/s1. The van der Waals surface area contributed by atoms with Gasteiger partial charge >= 0.3 is 5.97 Å². The van der Waals surface area contributed by atoms with Crippen LogP contribution in [0.2, 0.25) is 0 Å². The summed E-state index contributed by atoms with van der Waals surface area (Å²) in [7, 11) is 1.34. The molecule has 1 amide bonds. The molecule has 2 rings (SSSR count). The van der Waals surface area contributed by atoms with E-state index in [1.54, 1.807) is 12.4 Å². The molecule has 1 saturated heterocycles. The third-order valence-corrected chi connectivity index (χ3v) is 4.14. The van der Waals surface area contributed by atoms with E-state index in [-0.39, 0.29) is 24.2 Å². The van der Waals surface area contributed by atoms with Crippen LogP contribution in [0.1, 0.15) is 30.9 Å². The number of rotatable bonds is 5. The number of piperidine rings is 1. The van der Waals surface area contributed by atoms with Crippen molar-refractivity contribution in [2.24, 2.45) is 5.92 Å². The van der Waals surface area contributed by atoms with E-state index in [0.717, 1.165) is 29.4 Å². The summed E-state index contributed by atoms with van der Waals surface area (Å²) in [6, 6.07) is 1.41. The molecular weight excluding hydrogens is 350 g/mol. The maximum Gasteiger partial charge on any atom is 0.307 e. The predicted octanol–water partition coefficient (Wildman–Crippen LogP) is 1.56. The van der Waals surface area contributed by atoms with Gasteiger partial charge in [-0.3, -0.25) is 14.6 Å². The number of methoxy groups -OCH3 is 1. The van der Waals surface area contributed by atoms with Crippen molar-refractivity contribution in [2.75, 3.05) is 20.2 Å². The molecule has 0 bridgehead atoms. The second-order valence-electron chi connectivity index (χ2n) is 5.32. The molecule has 0 unspecified atom stereocenters. The summed E-state index contributed by atoms with van der Waals surface area (Å²) in [6.07, 6.45) is 5.24. The molecule has 0 saturated carbocycles. The summed E-state index contributed by atoms with van der Waals surface area (Å²) in [5.74, 6) is -0.470. The number of nitrogens with zero attached hydrogens (tertiary/aromatic N) is 1. The van der Waals surface area contributed by atoms with Crippen molar-refractivity contribution in [3.8, 4) is 0 Å². The summed E-state index contributed by atoms with van der Waals surface area (Å²) in [5, 5.41) is 6.17. The van der Waals surface area contributed by atoms with Crippen LogP contribution >= 0.6 is 15.9 Å². The summed E-state index contributed by atoms with van der Waals surface area (Å²) >= 11 is 3.36. The first kappa shape index (κ1) is 16.9. The number of halogens is 1. The summed E-state index contributed by atoms with van der Waals surface area (Å²) < 4.78 is 5.52. The lowest BCUT2D eigenvalue weighted by atomic mass is 9.97. The zero-order valence-electron chi connectivity index (χ0n) is 12.5. The van der Waals surface area contributed by atoms with E-state index >= 15 is 0 Å². The van der Waals surface area contributed by atoms with Crippen molar-refractivity contribution < 1.29 is 14.3 Å². The molecular formula is C15H20BrN3O3. The normalized spacial score (nSPS) is 19.3. The van der Waals surface area contributed by atoms with Crippen LogP contribution in [-0.2, 0) is 14.3 Å². The lowest BCUT2D eigenvalue weighted by Crippen LogP contribution is -2.42. The Morgan fingerprint density at radius 1 is 1.55 bits per heavy atom. The Labute approximate surface area is 138 Å². The third-order valence-electron chi connectivity index (χ3n) is 3.71. The molecule has 2 atom stereocenters. The van der Waals surface area contributed by atoms with Gasteiger partial charge in [0.2, 0.25) is 5.91 Å². The molecule has 0 aliphatic carbocycles. The summed E-state index contributed by atoms with van der Waals surface area (Å²) in [5.41, 5.74) is 0.775. The highest BCUT2D eigenvalue weighted by molar-refractivity contribution is 9.10. The van der Waals surface area contributed by atoms with Gasteiger partial charge in [0, 0.05) is 23.4 Å². The van der Waals surface area contributed by atoms with Gasteiger partial charge < -0.3 is 15.4 Å². The van der Waals surface area contributed by atoms with Crippen LogP contribution in [0.4, 0.5) is 0 Å². The van der Waals surface area contributed by atoms with E-state index < -0.39 is 6.04 Å².